The Morgan fingerprint density at radius 2 is 2.12 bits per heavy atom. The average Bonchev–Trinajstić information content (AvgIpc) is 2.25. The summed E-state index contributed by atoms with van der Waals surface area (Å²) >= 11 is -0.0529. The van der Waals surface area contributed by atoms with E-state index in [2.05, 4.69) is 20.6 Å². The summed E-state index contributed by atoms with van der Waals surface area (Å²) in [6.45, 7) is 1.99. The van der Waals surface area contributed by atoms with E-state index in [0.29, 0.717) is 11.8 Å². The molecule has 0 saturated carbocycles. The summed E-state index contributed by atoms with van der Waals surface area (Å²) in [5.41, 5.74) is -3.39. The summed E-state index contributed by atoms with van der Waals surface area (Å²) < 4.78 is 35.6. The molecule has 0 spiro atoms. The summed E-state index contributed by atoms with van der Waals surface area (Å²) in [6.07, 6.45) is 1.61. The lowest BCUT2D eigenvalue weighted by Crippen LogP contribution is -2.12. The van der Waals surface area contributed by atoms with E-state index < -0.39 is 5.51 Å². The number of thioether (sulfide) groups is 1. The molecule has 8 heteroatoms. The van der Waals surface area contributed by atoms with Crippen molar-refractivity contribution in [2.75, 3.05) is 30.0 Å². The molecule has 4 nitrogen and oxygen atoms in total. The average molecular weight is 266 g/mol. The van der Waals surface area contributed by atoms with E-state index in [1.165, 1.54) is 0 Å². The molecule has 0 aromatic carbocycles. The van der Waals surface area contributed by atoms with Crippen molar-refractivity contribution in [3.8, 4) is 0 Å². The minimum absolute atomic E-state index is 0.0529. The van der Waals surface area contributed by atoms with Crippen molar-refractivity contribution in [3.63, 3.8) is 0 Å². The van der Waals surface area contributed by atoms with E-state index in [0.717, 1.165) is 5.56 Å². The molecule has 0 bridgehead atoms. The molecule has 0 aliphatic carbocycles. The minimum Gasteiger partial charge on any atom is -0.369 e. The molecule has 0 atom stereocenters. The second kappa shape index (κ2) is 5.95. The predicted molar refractivity (Wildman–Crippen MR) is 63.3 cm³/mol. The molecule has 0 aliphatic rings. The Labute approximate surface area is 101 Å². The zero-order valence-electron chi connectivity index (χ0n) is 9.43. The summed E-state index contributed by atoms with van der Waals surface area (Å²) in [7, 11) is 1.67. The zero-order valence-corrected chi connectivity index (χ0v) is 10.2. The Morgan fingerprint density at radius 3 is 2.71 bits per heavy atom. The standard InChI is InChI=1S/C9H13F3N4S/c1-6-5-15-8(13-2)16-7(6)14-3-4-17-9(10,11)12/h5H,3-4H2,1-2H3,(H2,13,14,15,16). The van der Waals surface area contributed by atoms with Crippen LogP contribution in [0, 0.1) is 6.92 Å². The highest BCUT2D eigenvalue weighted by molar-refractivity contribution is 8.00. The van der Waals surface area contributed by atoms with Gasteiger partial charge in [-0.15, -0.1) is 0 Å². The lowest BCUT2D eigenvalue weighted by atomic mass is 10.3. The molecular formula is C9H13F3N4S. The van der Waals surface area contributed by atoms with Crippen LogP contribution in [-0.4, -0.2) is 34.8 Å². The van der Waals surface area contributed by atoms with Gasteiger partial charge < -0.3 is 10.6 Å². The first kappa shape index (κ1) is 13.9. The maximum absolute atomic E-state index is 11.9. The van der Waals surface area contributed by atoms with Gasteiger partial charge in [0.15, 0.2) is 0 Å². The van der Waals surface area contributed by atoms with Crippen molar-refractivity contribution in [1.29, 1.82) is 0 Å². The summed E-state index contributed by atoms with van der Waals surface area (Å²) in [6, 6.07) is 0. The summed E-state index contributed by atoms with van der Waals surface area (Å²) in [4.78, 5) is 8.08. The molecule has 0 aliphatic heterocycles. The number of hydrogen-bond donors (Lipinski definition) is 2. The molecule has 0 fully saturated rings. The van der Waals surface area contributed by atoms with Gasteiger partial charge in [-0.1, -0.05) is 0 Å². The first-order chi connectivity index (χ1) is 7.92. The zero-order chi connectivity index (χ0) is 12.9. The Balaban J connectivity index is 2.46. The number of nitrogens with one attached hydrogen (secondary N) is 2. The quantitative estimate of drug-likeness (QED) is 0.802. The van der Waals surface area contributed by atoms with Crippen LogP contribution in [0.4, 0.5) is 24.9 Å². The number of aromatic nitrogens is 2. The Kier molecular flexibility index (Phi) is 4.86. The molecule has 17 heavy (non-hydrogen) atoms. The van der Waals surface area contributed by atoms with Gasteiger partial charge in [0.1, 0.15) is 5.82 Å². The monoisotopic (exact) mass is 266 g/mol. The highest BCUT2D eigenvalue weighted by Gasteiger charge is 2.27. The van der Waals surface area contributed by atoms with Crippen molar-refractivity contribution in [1.82, 2.24) is 9.97 Å². The molecule has 0 saturated heterocycles. The number of halogens is 3. The normalized spacial score (nSPS) is 11.4. The third kappa shape index (κ3) is 5.12. The van der Waals surface area contributed by atoms with Crippen molar-refractivity contribution in [3.05, 3.63) is 11.8 Å². The molecule has 96 valence electrons. The van der Waals surface area contributed by atoms with Gasteiger partial charge in [-0.25, -0.2) is 4.98 Å². The number of nitrogens with zero attached hydrogens (tertiary/aromatic N) is 2. The van der Waals surface area contributed by atoms with Crippen LogP contribution >= 0.6 is 11.8 Å². The van der Waals surface area contributed by atoms with Crippen molar-refractivity contribution in [2.45, 2.75) is 12.4 Å². The molecule has 1 aromatic rings. The largest absolute Gasteiger partial charge is 0.441 e. The van der Waals surface area contributed by atoms with E-state index in [4.69, 9.17) is 0 Å². The Morgan fingerprint density at radius 1 is 1.41 bits per heavy atom. The van der Waals surface area contributed by atoms with E-state index >= 15 is 0 Å². The number of alkyl halides is 3. The van der Waals surface area contributed by atoms with Gasteiger partial charge in [-0.05, 0) is 18.7 Å². The van der Waals surface area contributed by atoms with Gasteiger partial charge in [-0.3, -0.25) is 0 Å². The van der Waals surface area contributed by atoms with Crippen LogP contribution in [0.15, 0.2) is 6.20 Å². The Bertz CT molecular complexity index is 370. The number of anilines is 2. The fourth-order valence-electron chi connectivity index (χ4n) is 1.08. The third-order valence-electron chi connectivity index (χ3n) is 1.86. The van der Waals surface area contributed by atoms with E-state index in [1.54, 1.807) is 20.2 Å². The van der Waals surface area contributed by atoms with Crippen LogP contribution in [0.1, 0.15) is 5.56 Å². The van der Waals surface area contributed by atoms with Crippen LogP contribution < -0.4 is 10.6 Å². The second-order valence-corrected chi connectivity index (χ2v) is 4.36. The molecule has 1 heterocycles. The second-order valence-electron chi connectivity index (χ2n) is 3.20. The van der Waals surface area contributed by atoms with Gasteiger partial charge in [0, 0.05) is 31.1 Å². The highest BCUT2D eigenvalue weighted by atomic mass is 32.2. The van der Waals surface area contributed by atoms with Gasteiger partial charge >= 0.3 is 5.51 Å². The fourth-order valence-corrected chi connectivity index (χ4v) is 1.51. The van der Waals surface area contributed by atoms with Crippen molar-refractivity contribution in [2.24, 2.45) is 0 Å². The van der Waals surface area contributed by atoms with Crippen LogP contribution in [0.2, 0.25) is 0 Å². The van der Waals surface area contributed by atoms with Crippen LogP contribution in [0.3, 0.4) is 0 Å². The maximum Gasteiger partial charge on any atom is 0.441 e. The molecule has 2 N–H and O–H groups in total. The topological polar surface area (TPSA) is 49.8 Å². The molecule has 0 radical (unpaired) electrons. The van der Waals surface area contributed by atoms with Crippen LogP contribution in [-0.2, 0) is 0 Å². The highest BCUT2D eigenvalue weighted by Crippen LogP contribution is 2.29. The van der Waals surface area contributed by atoms with Gasteiger partial charge in [0.2, 0.25) is 5.95 Å². The van der Waals surface area contributed by atoms with Crippen molar-refractivity contribution < 1.29 is 13.2 Å². The lowest BCUT2D eigenvalue weighted by molar-refractivity contribution is -0.0327. The molecule has 1 rings (SSSR count). The van der Waals surface area contributed by atoms with Gasteiger partial charge in [-0.2, -0.15) is 18.2 Å². The number of aryl methyl sites for hydroxylation is 1. The molecule has 1 aromatic heterocycles. The Hall–Kier alpha value is -1.18. The maximum atomic E-state index is 11.9. The first-order valence-corrected chi connectivity index (χ1v) is 5.87. The third-order valence-corrected chi connectivity index (χ3v) is 2.59. The van der Waals surface area contributed by atoms with Crippen LogP contribution in [0.5, 0.6) is 0 Å². The SMILES string of the molecule is CNc1ncc(C)c(NCCSC(F)(F)F)n1. The van der Waals surface area contributed by atoms with Crippen molar-refractivity contribution >= 4 is 23.5 Å². The number of hydrogen-bond acceptors (Lipinski definition) is 5. The van der Waals surface area contributed by atoms with Gasteiger partial charge in [0.05, 0.1) is 0 Å². The van der Waals surface area contributed by atoms with E-state index in [1.807, 2.05) is 0 Å². The van der Waals surface area contributed by atoms with Gasteiger partial charge in [0.25, 0.3) is 0 Å². The number of rotatable bonds is 5. The van der Waals surface area contributed by atoms with E-state index in [-0.39, 0.29) is 24.1 Å². The predicted octanol–water partition coefficient (Wildman–Crippen LogP) is 2.49. The summed E-state index contributed by atoms with van der Waals surface area (Å²) in [5, 5.41) is 5.61. The summed E-state index contributed by atoms with van der Waals surface area (Å²) in [5.74, 6) is 0.927. The molecular weight excluding hydrogens is 253 g/mol. The lowest BCUT2D eigenvalue weighted by Gasteiger charge is -2.10. The smallest absolute Gasteiger partial charge is 0.369 e. The molecule has 0 unspecified atom stereocenters. The van der Waals surface area contributed by atoms with Crippen LogP contribution in [0.25, 0.3) is 0 Å². The van der Waals surface area contributed by atoms with E-state index in [9.17, 15) is 13.2 Å². The fraction of sp³-hybridized carbons (Fsp3) is 0.556. The molecule has 0 amide bonds. The minimum atomic E-state index is -4.18. The first-order valence-electron chi connectivity index (χ1n) is 4.88.